The average molecular weight is 405 g/mol. The predicted molar refractivity (Wildman–Crippen MR) is 116 cm³/mol. The van der Waals surface area contributed by atoms with Crippen LogP contribution in [-0.4, -0.2) is 29.8 Å². The molecule has 3 aromatic rings. The lowest BCUT2D eigenvalue weighted by Crippen LogP contribution is -2.02. The number of methoxy groups -OCH3 is 1. The summed E-state index contributed by atoms with van der Waals surface area (Å²) in [5.41, 5.74) is 8.45. The molecular formula is C22H19N3O3S. The Labute approximate surface area is 172 Å². The number of aliphatic imine (C=N–C) groups is 1. The second-order valence-corrected chi connectivity index (χ2v) is 7.46. The molecule has 0 saturated heterocycles. The number of amidine groups is 1. The average Bonchev–Trinajstić information content (AvgIpc) is 3.05. The molecule has 2 heterocycles. The van der Waals surface area contributed by atoms with Crippen LogP contribution in [0.3, 0.4) is 0 Å². The van der Waals surface area contributed by atoms with E-state index < -0.39 is 0 Å². The summed E-state index contributed by atoms with van der Waals surface area (Å²) in [6.07, 6.45) is 4.27. The molecule has 0 fully saturated rings. The molecule has 1 aromatic heterocycles. The third-order valence-electron chi connectivity index (χ3n) is 4.44. The van der Waals surface area contributed by atoms with Crippen LogP contribution in [0, 0.1) is 0 Å². The summed E-state index contributed by atoms with van der Waals surface area (Å²) in [6, 6.07) is 15.6. The number of carbonyl (C=O) groups is 1. The SMILES string of the molecule is COc1cccc(CCOc2ccnc3ccc(/C=C4\SC(N)=NC4=O)cc23)c1. The minimum Gasteiger partial charge on any atom is -0.497 e. The molecule has 1 aliphatic heterocycles. The maximum atomic E-state index is 11.8. The quantitative estimate of drug-likeness (QED) is 0.628. The molecule has 2 aromatic carbocycles. The predicted octanol–water partition coefficient (Wildman–Crippen LogP) is 3.79. The summed E-state index contributed by atoms with van der Waals surface area (Å²) in [6.45, 7) is 0.524. The molecule has 0 atom stereocenters. The monoisotopic (exact) mass is 405 g/mol. The molecule has 29 heavy (non-hydrogen) atoms. The number of rotatable bonds is 6. The number of thioether (sulfide) groups is 1. The highest BCUT2D eigenvalue weighted by Crippen LogP contribution is 2.29. The Balaban J connectivity index is 1.53. The van der Waals surface area contributed by atoms with E-state index in [2.05, 4.69) is 9.98 Å². The molecule has 0 spiro atoms. The van der Waals surface area contributed by atoms with Crippen LogP contribution in [0.15, 0.2) is 64.6 Å². The van der Waals surface area contributed by atoms with E-state index in [0.717, 1.165) is 39.9 Å². The lowest BCUT2D eigenvalue weighted by atomic mass is 10.1. The highest BCUT2D eigenvalue weighted by Gasteiger charge is 2.19. The lowest BCUT2D eigenvalue weighted by molar-refractivity contribution is -0.113. The smallest absolute Gasteiger partial charge is 0.286 e. The summed E-state index contributed by atoms with van der Waals surface area (Å²) in [4.78, 5) is 20.5. The van der Waals surface area contributed by atoms with Crippen molar-refractivity contribution in [2.75, 3.05) is 13.7 Å². The Hall–Kier alpha value is -3.32. The van der Waals surface area contributed by atoms with Gasteiger partial charge in [0, 0.05) is 18.0 Å². The van der Waals surface area contributed by atoms with Crippen LogP contribution in [0.5, 0.6) is 11.5 Å². The van der Waals surface area contributed by atoms with Gasteiger partial charge in [0.2, 0.25) is 0 Å². The molecule has 1 aliphatic rings. The highest BCUT2D eigenvalue weighted by molar-refractivity contribution is 8.18. The third-order valence-corrected chi connectivity index (χ3v) is 5.26. The van der Waals surface area contributed by atoms with Gasteiger partial charge in [-0.1, -0.05) is 18.2 Å². The Morgan fingerprint density at radius 1 is 1.17 bits per heavy atom. The molecular weight excluding hydrogens is 386 g/mol. The van der Waals surface area contributed by atoms with Crippen molar-refractivity contribution in [1.82, 2.24) is 4.98 Å². The van der Waals surface area contributed by atoms with Crippen LogP contribution in [0.4, 0.5) is 0 Å². The number of nitrogens with zero attached hydrogens (tertiary/aromatic N) is 2. The Kier molecular flexibility index (Phi) is 5.48. The topological polar surface area (TPSA) is 86.8 Å². The fourth-order valence-corrected chi connectivity index (χ4v) is 3.72. The van der Waals surface area contributed by atoms with Gasteiger partial charge in [-0.15, -0.1) is 0 Å². The van der Waals surface area contributed by atoms with Crippen LogP contribution >= 0.6 is 11.8 Å². The van der Waals surface area contributed by atoms with E-state index in [4.69, 9.17) is 15.2 Å². The third kappa shape index (κ3) is 4.41. The van der Waals surface area contributed by atoms with Crippen LogP contribution in [-0.2, 0) is 11.2 Å². The molecule has 0 radical (unpaired) electrons. The summed E-state index contributed by atoms with van der Waals surface area (Å²) in [5, 5.41) is 1.15. The number of hydrogen-bond acceptors (Lipinski definition) is 6. The van der Waals surface area contributed by atoms with Gasteiger partial charge in [-0.2, -0.15) is 4.99 Å². The van der Waals surface area contributed by atoms with E-state index in [-0.39, 0.29) is 11.1 Å². The summed E-state index contributed by atoms with van der Waals surface area (Å²) in [7, 11) is 1.66. The zero-order valence-corrected chi connectivity index (χ0v) is 16.6. The highest BCUT2D eigenvalue weighted by atomic mass is 32.2. The molecule has 0 aliphatic carbocycles. The molecule has 0 unspecified atom stereocenters. The number of aromatic nitrogens is 1. The van der Waals surface area contributed by atoms with E-state index in [1.165, 1.54) is 11.8 Å². The minimum absolute atomic E-state index is 0.269. The Morgan fingerprint density at radius 2 is 2.07 bits per heavy atom. The van der Waals surface area contributed by atoms with Gasteiger partial charge in [0.25, 0.3) is 5.91 Å². The first kappa shape index (κ1) is 19.0. The normalized spacial score (nSPS) is 15.0. The molecule has 0 saturated carbocycles. The van der Waals surface area contributed by atoms with E-state index in [9.17, 15) is 4.79 Å². The zero-order valence-electron chi connectivity index (χ0n) is 15.8. The molecule has 7 heteroatoms. The van der Waals surface area contributed by atoms with Crippen molar-refractivity contribution >= 4 is 39.8 Å². The first-order chi connectivity index (χ1) is 14.1. The first-order valence-electron chi connectivity index (χ1n) is 9.05. The van der Waals surface area contributed by atoms with Gasteiger partial charge in [-0.25, -0.2) is 0 Å². The van der Waals surface area contributed by atoms with Crippen LogP contribution < -0.4 is 15.2 Å². The van der Waals surface area contributed by atoms with E-state index >= 15 is 0 Å². The van der Waals surface area contributed by atoms with Gasteiger partial charge >= 0.3 is 0 Å². The number of benzene rings is 2. The summed E-state index contributed by atoms with van der Waals surface area (Å²) < 4.78 is 11.3. The molecule has 2 N–H and O–H groups in total. The van der Waals surface area contributed by atoms with Gasteiger partial charge in [0.05, 0.1) is 24.1 Å². The number of hydrogen-bond donors (Lipinski definition) is 1. The Morgan fingerprint density at radius 3 is 2.86 bits per heavy atom. The number of amides is 1. The standard InChI is InChI=1S/C22H19N3O3S/c1-27-16-4-2-3-14(11-16)8-10-28-19-7-9-24-18-6-5-15(12-17(18)19)13-20-21(26)25-22(23)29-20/h2-7,9,11-13H,8,10H2,1H3,(H2,23,25,26)/b20-13-. The van der Waals surface area contributed by atoms with Crippen LogP contribution in [0.1, 0.15) is 11.1 Å². The number of pyridine rings is 1. The second-order valence-electron chi connectivity index (χ2n) is 6.40. The zero-order chi connectivity index (χ0) is 20.2. The van der Waals surface area contributed by atoms with Crippen molar-refractivity contribution in [2.24, 2.45) is 10.7 Å². The minimum atomic E-state index is -0.312. The van der Waals surface area contributed by atoms with E-state index in [1.54, 1.807) is 19.4 Å². The fraction of sp³-hybridized carbons (Fsp3) is 0.136. The number of fused-ring (bicyclic) bond motifs is 1. The van der Waals surface area contributed by atoms with E-state index in [1.807, 2.05) is 48.5 Å². The molecule has 6 nitrogen and oxygen atoms in total. The van der Waals surface area contributed by atoms with Crippen molar-refractivity contribution in [2.45, 2.75) is 6.42 Å². The summed E-state index contributed by atoms with van der Waals surface area (Å²) >= 11 is 1.17. The maximum absolute atomic E-state index is 11.8. The van der Waals surface area contributed by atoms with Gasteiger partial charge in [0.15, 0.2) is 5.17 Å². The van der Waals surface area contributed by atoms with Crippen molar-refractivity contribution in [3.05, 3.63) is 70.8 Å². The number of ether oxygens (including phenoxy) is 2. The molecule has 1 amide bonds. The molecule has 0 bridgehead atoms. The largest absolute Gasteiger partial charge is 0.497 e. The first-order valence-corrected chi connectivity index (χ1v) is 9.86. The van der Waals surface area contributed by atoms with Gasteiger partial charge in [0.1, 0.15) is 11.5 Å². The van der Waals surface area contributed by atoms with Gasteiger partial charge in [-0.05, 0) is 59.3 Å². The van der Waals surface area contributed by atoms with E-state index in [0.29, 0.717) is 11.5 Å². The van der Waals surface area contributed by atoms with Gasteiger partial charge < -0.3 is 15.2 Å². The van der Waals surface area contributed by atoms with Crippen molar-refractivity contribution in [3.63, 3.8) is 0 Å². The van der Waals surface area contributed by atoms with Crippen LogP contribution in [0.25, 0.3) is 17.0 Å². The Bertz CT molecular complexity index is 1140. The number of nitrogens with two attached hydrogens (primary N) is 1. The maximum Gasteiger partial charge on any atom is 0.286 e. The molecule has 146 valence electrons. The number of carbonyl (C=O) groups excluding carboxylic acids is 1. The van der Waals surface area contributed by atoms with Gasteiger partial charge in [-0.3, -0.25) is 9.78 Å². The second kappa shape index (κ2) is 8.36. The lowest BCUT2D eigenvalue weighted by Gasteiger charge is -2.10. The fourth-order valence-electron chi connectivity index (χ4n) is 3.04. The van der Waals surface area contributed by atoms with Crippen LogP contribution in [0.2, 0.25) is 0 Å². The molecule has 4 rings (SSSR count). The van der Waals surface area contributed by atoms with Crippen molar-refractivity contribution in [3.8, 4) is 11.5 Å². The van der Waals surface area contributed by atoms with Crippen molar-refractivity contribution in [1.29, 1.82) is 0 Å². The summed E-state index contributed by atoms with van der Waals surface area (Å²) in [5.74, 6) is 1.27. The van der Waals surface area contributed by atoms with Crippen molar-refractivity contribution < 1.29 is 14.3 Å².